The van der Waals surface area contributed by atoms with Crippen molar-refractivity contribution in [1.29, 1.82) is 0 Å². The van der Waals surface area contributed by atoms with Gasteiger partial charge in [0.05, 0.1) is 52.1 Å². The third-order valence-electron chi connectivity index (χ3n) is 14.5. The third kappa shape index (κ3) is 14.3. The number of ether oxygens (including phenoxy) is 2. The summed E-state index contributed by atoms with van der Waals surface area (Å²) >= 11 is 1.56. The molecule has 1 amide bonds. The van der Waals surface area contributed by atoms with Crippen molar-refractivity contribution < 1.29 is 34.1 Å². The minimum atomic E-state index is -1.23. The van der Waals surface area contributed by atoms with Crippen molar-refractivity contribution in [2.75, 3.05) is 43.9 Å². The van der Waals surface area contributed by atoms with Crippen LogP contribution < -0.4 is 10.6 Å². The van der Waals surface area contributed by atoms with E-state index in [2.05, 4.69) is 54.3 Å². The van der Waals surface area contributed by atoms with Crippen LogP contribution in [0, 0.1) is 31.1 Å². The molecule has 6 heterocycles. The lowest BCUT2D eigenvalue weighted by molar-refractivity contribution is -0.154. The van der Waals surface area contributed by atoms with Crippen molar-refractivity contribution in [2.45, 2.75) is 124 Å². The summed E-state index contributed by atoms with van der Waals surface area (Å²) in [5.41, 5.74) is 6.26. The number of aromatic nitrogens is 4. The maximum absolute atomic E-state index is 13.2. The molecule has 72 heavy (non-hydrogen) atoms. The summed E-state index contributed by atoms with van der Waals surface area (Å²) in [6.45, 7) is 20.1. The number of esters is 1. The molecule has 8 rings (SSSR count). The van der Waals surface area contributed by atoms with Crippen molar-refractivity contribution in [1.82, 2.24) is 29.7 Å². The van der Waals surface area contributed by atoms with Crippen LogP contribution in [-0.4, -0.2) is 121 Å². The average molecular weight is 1000 g/mol. The first-order chi connectivity index (χ1) is 34.3. The van der Waals surface area contributed by atoms with Gasteiger partial charge in [0.1, 0.15) is 11.9 Å². The van der Waals surface area contributed by atoms with Crippen molar-refractivity contribution in [3.63, 3.8) is 0 Å². The lowest BCUT2D eigenvalue weighted by Gasteiger charge is -2.34. The molecule has 3 aromatic heterocycles. The Kier molecular flexibility index (Phi) is 17.9. The Morgan fingerprint density at radius 2 is 1.72 bits per heavy atom. The molecule has 0 aliphatic carbocycles. The predicted octanol–water partition coefficient (Wildman–Crippen LogP) is 9.07. The van der Waals surface area contributed by atoms with Gasteiger partial charge in [-0.2, -0.15) is 0 Å². The fraction of sp³-hybridized carbons (Fsp3) is 0.482. The molecule has 3 fully saturated rings. The minimum Gasteiger partial charge on any atom is -0.458 e. The van der Waals surface area contributed by atoms with Crippen LogP contribution in [0.25, 0.3) is 17.3 Å². The second-order valence-corrected chi connectivity index (χ2v) is 21.7. The first kappa shape index (κ1) is 54.0. The number of hydrogen-bond acceptors (Lipinski definition) is 15. The van der Waals surface area contributed by atoms with E-state index in [1.165, 1.54) is 5.56 Å². The molecule has 0 spiro atoms. The minimum absolute atomic E-state index is 0.0455. The fourth-order valence-corrected chi connectivity index (χ4v) is 9.91. The number of cyclic esters (lactones) is 1. The number of likely N-dealkylation sites (N-methyl/N-ethyl adjacent to an activating group) is 1. The summed E-state index contributed by atoms with van der Waals surface area (Å²) in [5, 5.41) is 30.9. The molecule has 0 bridgehead atoms. The predicted molar refractivity (Wildman–Crippen MR) is 283 cm³/mol. The van der Waals surface area contributed by atoms with Gasteiger partial charge in [-0.15, -0.1) is 11.3 Å². The highest BCUT2D eigenvalue weighted by atomic mass is 32.1. The summed E-state index contributed by atoms with van der Waals surface area (Å²) in [5.74, 6) is -1.21. The van der Waals surface area contributed by atoms with Crippen molar-refractivity contribution in [3.8, 4) is 11.3 Å². The molecule has 3 aliphatic rings. The van der Waals surface area contributed by atoms with E-state index in [1.54, 1.807) is 50.7 Å². The van der Waals surface area contributed by atoms with E-state index in [-0.39, 0.29) is 35.7 Å². The zero-order valence-electron chi connectivity index (χ0n) is 43.2. The molecule has 3 aliphatic heterocycles. The summed E-state index contributed by atoms with van der Waals surface area (Å²) in [6, 6.07) is 19.3. The molecule has 5 aromatic rings. The van der Waals surface area contributed by atoms with Gasteiger partial charge in [-0.25, -0.2) is 15.0 Å². The van der Waals surface area contributed by atoms with Crippen LogP contribution >= 0.6 is 11.3 Å². The normalized spacial score (nSPS) is 25.6. The first-order valence-electron chi connectivity index (χ1n) is 25.1. The van der Waals surface area contributed by atoms with Crippen LogP contribution in [0.2, 0.25) is 0 Å². The third-order valence-corrected chi connectivity index (χ3v) is 15.3. The molecule has 16 heteroatoms. The highest BCUT2D eigenvalue weighted by molar-refractivity contribution is 7.09. The van der Waals surface area contributed by atoms with E-state index in [9.17, 15) is 24.6 Å². The number of pyridine rings is 1. The molecule has 7 atom stereocenters. The van der Waals surface area contributed by atoms with Crippen LogP contribution in [-0.2, 0) is 25.6 Å². The molecule has 0 saturated carbocycles. The largest absolute Gasteiger partial charge is 0.458 e. The van der Waals surface area contributed by atoms with E-state index in [0.717, 1.165) is 90.8 Å². The number of Topliss-reactive ketones (excluding diaryl/α,β-unsaturated/α-hetero) is 1. The van der Waals surface area contributed by atoms with Gasteiger partial charge in [0.25, 0.3) is 5.91 Å². The van der Waals surface area contributed by atoms with Gasteiger partial charge in [-0.3, -0.25) is 24.3 Å². The number of nitrogens with one attached hydrogen (secondary N) is 2. The van der Waals surface area contributed by atoms with E-state index < -0.39 is 35.6 Å². The summed E-state index contributed by atoms with van der Waals surface area (Å²) in [6.07, 6.45) is 7.20. The van der Waals surface area contributed by atoms with Gasteiger partial charge in [0.15, 0.2) is 0 Å². The van der Waals surface area contributed by atoms with Crippen LogP contribution in [0.5, 0.6) is 0 Å². The molecule has 0 unspecified atom stereocenters. The molecule has 0 radical (unpaired) electrons. The number of fused-ring (bicyclic) bond motifs is 1. The zero-order chi connectivity index (χ0) is 51.7. The van der Waals surface area contributed by atoms with E-state index in [0.29, 0.717) is 23.6 Å². The molecule has 3 saturated heterocycles. The number of rotatable bonds is 9. The average Bonchev–Trinajstić information content (AvgIpc) is 3.81. The summed E-state index contributed by atoms with van der Waals surface area (Å²) < 4.78 is 11.9. The maximum Gasteiger partial charge on any atom is 0.309 e. The number of aryl methyl sites for hydroxylation is 2. The smallest absolute Gasteiger partial charge is 0.309 e. The second kappa shape index (κ2) is 23.9. The number of amides is 1. The van der Waals surface area contributed by atoms with Gasteiger partial charge in [-0.1, -0.05) is 52.3 Å². The van der Waals surface area contributed by atoms with Crippen LogP contribution in [0.3, 0.4) is 0 Å². The van der Waals surface area contributed by atoms with E-state index >= 15 is 0 Å². The number of ketones is 1. The number of aliphatic hydroxyl groups is 2. The number of hydrogen-bond donors (Lipinski definition) is 4. The number of thiazole rings is 1. The number of carbonyl (C=O) groups excluding carboxylic acids is 3. The van der Waals surface area contributed by atoms with Crippen LogP contribution in [0.15, 0.2) is 90.2 Å². The maximum atomic E-state index is 13.2. The van der Waals surface area contributed by atoms with E-state index in [4.69, 9.17) is 9.47 Å². The number of anilines is 3. The molecule has 384 valence electrons. The fourth-order valence-electron chi connectivity index (χ4n) is 9.34. The van der Waals surface area contributed by atoms with Gasteiger partial charge < -0.3 is 35.2 Å². The molecular weight excluding hydrogens is 929 g/mol. The topological polar surface area (TPSA) is 196 Å². The number of piperazine rings is 1. The Bertz CT molecular complexity index is 2670. The zero-order valence-corrected chi connectivity index (χ0v) is 44.0. The Balaban J connectivity index is 0.000000212. The monoisotopic (exact) mass is 1000 g/mol. The Labute approximate surface area is 428 Å². The summed E-state index contributed by atoms with van der Waals surface area (Å²) in [4.78, 5) is 61.5. The Morgan fingerprint density at radius 3 is 2.42 bits per heavy atom. The standard InChI is InChI=1S/C29H31N7O.C27H41NO6S/c1-21-5-10-25(18-27(21)34-29-31-13-11-26(33-29)24-4-3-12-30-19-24)32-28(37)23-8-6-22(7-9-23)20-36-16-14-35(2)15-17-36;1-15-9-8-10-27(7)22(34-27)12-20(16(2)11-19-14-35-18(4)28-19)33-23(30)13-21(29)26(5,6)25(32)17(3)24(15)31/h3-13,18-19H,14-17,20H2,1-2H3,(H,32,37)(H,31,33,34);11,14-15,17,20-22,24,29,31H,8-10,12-13H2,1-7H3/b;16-11+/t;15-,17+,20-,21-,22-,24-,27+/m.0/s1. The van der Waals surface area contributed by atoms with Crippen molar-refractivity contribution in [3.05, 3.63) is 118 Å². The number of carbonyl (C=O) groups is 3. The quantitative estimate of drug-likeness (QED) is 0.0807. The number of benzene rings is 2. The number of nitrogens with zero attached hydrogens (tertiary/aromatic N) is 6. The molecule has 15 nitrogen and oxygen atoms in total. The number of aliphatic hydroxyl groups excluding tert-OH is 2. The molecule has 4 N–H and O–H groups in total. The Hall–Kier alpha value is -5.75. The van der Waals surface area contributed by atoms with Crippen molar-refractivity contribution >= 4 is 52.4 Å². The van der Waals surface area contributed by atoms with Gasteiger partial charge >= 0.3 is 5.97 Å². The van der Waals surface area contributed by atoms with Gasteiger partial charge in [-0.05, 0) is 119 Å². The summed E-state index contributed by atoms with van der Waals surface area (Å²) in [7, 11) is 2.16. The van der Waals surface area contributed by atoms with Gasteiger partial charge in [0.2, 0.25) is 5.95 Å². The second-order valence-electron chi connectivity index (χ2n) is 20.7. The number of epoxide rings is 1. The van der Waals surface area contributed by atoms with Crippen LogP contribution in [0.4, 0.5) is 17.3 Å². The first-order valence-corrected chi connectivity index (χ1v) is 26.0. The molecule has 2 aromatic carbocycles. The Morgan fingerprint density at radius 1 is 0.972 bits per heavy atom. The highest BCUT2D eigenvalue weighted by Gasteiger charge is 2.53. The SMILES string of the molecule is C/C(=C\c1csc(C)n1)[C@@H]1C[C@@H]2O[C@]2(C)CCC[C@H](C)[C@H](O)[C@@H](C)C(=O)C(C)(C)[C@@H](O)CC(=O)O1.Cc1ccc(NC(=O)c2ccc(CN3CCN(C)CC3)cc2)cc1Nc1nccc(-c2cccnc2)n1. The highest BCUT2D eigenvalue weighted by Crippen LogP contribution is 2.45. The lowest BCUT2D eigenvalue weighted by atomic mass is 9.73. The lowest BCUT2D eigenvalue weighted by Crippen LogP contribution is -2.45. The van der Waals surface area contributed by atoms with Crippen LogP contribution in [0.1, 0.15) is 106 Å². The van der Waals surface area contributed by atoms with Crippen molar-refractivity contribution in [2.24, 2.45) is 17.3 Å². The van der Waals surface area contributed by atoms with Gasteiger partial charge in [0, 0.05) is 91.5 Å². The van der Waals surface area contributed by atoms with E-state index in [1.807, 2.05) is 99.8 Å². The molecular formula is C56H72N8O7S.